The first-order chi connectivity index (χ1) is 7.25. The summed E-state index contributed by atoms with van der Waals surface area (Å²) < 4.78 is 0. The molecule has 1 unspecified atom stereocenters. The molecule has 0 spiro atoms. The number of hydrogen-bond donors (Lipinski definition) is 3. The topological polar surface area (TPSA) is 79.6 Å². The summed E-state index contributed by atoms with van der Waals surface area (Å²) in [6, 6.07) is 3.77. The minimum absolute atomic E-state index is 0.116. The third-order valence-corrected chi connectivity index (χ3v) is 2.10. The maximum atomic E-state index is 5.49. The molecule has 0 aliphatic heterocycles. The maximum absolute atomic E-state index is 5.49. The third-order valence-electron chi connectivity index (χ3n) is 2.10. The van der Waals surface area contributed by atoms with Gasteiger partial charge in [0.2, 0.25) is 0 Å². The monoisotopic (exact) mass is 203 g/mol. The number of nitrogen functional groups attached to an aromatic ring is 1. The Hall–Kier alpha value is -2.04. The summed E-state index contributed by atoms with van der Waals surface area (Å²) in [4.78, 5) is 11.2. The zero-order chi connectivity index (χ0) is 10.7. The molecule has 0 saturated carbocycles. The Labute approximate surface area is 87.8 Å². The quantitative estimate of drug-likeness (QED) is 0.707. The van der Waals surface area contributed by atoms with Crippen LogP contribution in [0.5, 0.6) is 0 Å². The van der Waals surface area contributed by atoms with E-state index in [-0.39, 0.29) is 6.04 Å². The van der Waals surface area contributed by atoms with Crippen LogP contribution in [0.25, 0.3) is 0 Å². The molecule has 0 radical (unpaired) electrons. The largest absolute Gasteiger partial charge is 0.384 e. The van der Waals surface area contributed by atoms with E-state index in [0.29, 0.717) is 5.82 Å². The van der Waals surface area contributed by atoms with Crippen LogP contribution in [-0.2, 0) is 0 Å². The van der Waals surface area contributed by atoms with Gasteiger partial charge in [0.05, 0.1) is 17.9 Å². The Balaban J connectivity index is 2.06. The number of hydrogen-bond acceptors (Lipinski definition) is 4. The zero-order valence-electron chi connectivity index (χ0n) is 8.44. The second-order valence-corrected chi connectivity index (χ2v) is 3.31. The van der Waals surface area contributed by atoms with E-state index in [9.17, 15) is 0 Å². The van der Waals surface area contributed by atoms with E-state index in [0.717, 1.165) is 11.5 Å². The Morgan fingerprint density at radius 3 is 2.87 bits per heavy atom. The average molecular weight is 203 g/mol. The molecule has 5 nitrogen and oxygen atoms in total. The van der Waals surface area contributed by atoms with Crippen molar-refractivity contribution in [1.82, 2.24) is 15.0 Å². The van der Waals surface area contributed by atoms with Gasteiger partial charge < -0.3 is 16.0 Å². The molecule has 2 aromatic rings. The van der Waals surface area contributed by atoms with Gasteiger partial charge in [0, 0.05) is 12.4 Å². The highest BCUT2D eigenvalue weighted by molar-refractivity contribution is 5.46. The van der Waals surface area contributed by atoms with E-state index in [1.165, 1.54) is 0 Å². The molecule has 15 heavy (non-hydrogen) atoms. The molecule has 0 fully saturated rings. The van der Waals surface area contributed by atoms with Crippen LogP contribution in [0.4, 0.5) is 11.5 Å². The lowest BCUT2D eigenvalue weighted by atomic mass is 10.3. The van der Waals surface area contributed by atoms with E-state index in [1.54, 1.807) is 24.7 Å². The zero-order valence-corrected chi connectivity index (χ0v) is 8.44. The number of rotatable bonds is 3. The number of anilines is 2. The van der Waals surface area contributed by atoms with Crippen molar-refractivity contribution in [3.8, 4) is 0 Å². The van der Waals surface area contributed by atoms with Crippen molar-refractivity contribution in [3.63, 3.8) is 0 Å². The first-order valence-electron chi connectivity index (χ1n) is 4.73. The predicted molar refractivity (Wildman–Crippen MR) is 59.3 cm³/mol. The minimum Gasteiger partial charge on any atom is -0.384 e. The van der Waals surface area contributed by atoms with E-state index < -0.39 is 0 Å². The fourth-order valence-electron chi connectivity index (χ4n) is 1.32. The van der Waals surface area contributed by atoms with Crippen molar-refractivity contribution < 1.29 is 0 Å². The van der Waals surface area contributed by atoms with Gasteiger partial charge in [-0.25, -0.2) is 9.97 Å². The second kappa shape index (κ2) is 4.00. The molecule has 0 aliphatic carbocycles. The summed E-state index contributed by atoms with van der Waals surface area (Å²) in [5.74, 6) is 1.41. The van der Waals surface area contributed by atoms with Crippen molar-refractivity contribution in [3.05, 3.63) is 36.5 Å². The van der Waals surface area contributed by atoms with Crippen molar-refractivity contribution in [2.45, 2.75) is 13.0 Å². The second-order valence-electron chi connectivity index (χ2n) is 3.31. The van der Waals surface area contributed by atoms with Crippen molar-refractivity contribution in [2.75, 3.05) is 11.1 Å². The number of nitrogens with two attached hydrogens (primary N) is 1. The molecular formula is C10H13N5. The maximum Gasteiger partial charge on any atom is 0.128 e. The number of imidazole rings is 1. The first-order valence-corrected chi connectivity index (χ1v) is 4.73. The number of aromatic amines is 1. The van der Waals surface area contributed by atoms with Crippen LogP contribution < -0.4 is 11.1 Å². The third kappa shape index (κ3) is 2.25. The smallest absolute Gasteiger partial charge is 0.128 e. The van der Waals surface area contributed by atoms with E-state index in [4.69, 9.17) is 5.73 Å². The van der Waals surface area contributed by atoms with Gasteiger partial charge in [0.25, 0.3) is 0 Å². The van der Waals surface area contributed by atoms with Crippen LogP contribution >= 0.6 is 0 Å². The standard InChI is InChI=1S/C10H13N5/c1-7(10-12-4-5-13-10)15-8-2-3-9(11)14-6-8/h2-7,15H,1H3,(H2,11,14)(H,12,13). The van der Waals surface area contributed by atoms with Crippen molar-refractivity contribution >= 4 is 11.5 Å². The fourth-order valence-corrected chi connectivity index (χ4v) is 1.32. The fraction of sp³-hybridized carbons (Fsp3) is 0.200. The van der Waals surface area contributed by atoms with Crippen LogP contribution in [0.3, 0.4) is 0 Å². The lowest BCUT2D eigenvalue weighted by Crippen LogP contribution is -2.08. The molecule has 1 atom stereocenters. The number of pyridine rings is 1. The molecular weight excluding hydrogens is 190 g/mol. The number of H-pyrrole nitrogens is 1. The molecule has 0 saturated heterocycles. The molecule has 0 aliphatic rings. The molecule has 2 rings (SSSR count). The van der Waals surface area contributed by atoms with Crippen LogP contribution in [0.1, 0.15) is 18.8 Å². The number of aromatic nitrogens is 3. The van der Waals surface area contributed by atoms with Gasteiger partial charge in [-0.15, -0.1) is 0 Å². The number of nitrogens with one attached hydrogen (secondary N) is 2. The van der Waals surface area contributed by atoms with E-state index in [1.807, 2.05) is 13.0 Å². The van der Waals surface area contributed by atoms with Gasteiger partial charge in [-0.3, -0.25) is 0 Å². The van der Waals surface area contributed by atoms with Crippen LogP contribution in [0, 0.1) is 0 Å². The summed E-state index contributed by atoms with van der Waals surface area (Å²) >= 11 is 0. The minimum atomic E-state index is 0.116. The Morgan fingerprint density at radius 2 is 2.27 bits per heavy atom. The highest BCUT2D eigenvalue weighted by Gasteiger charge is 2.06. The molecule has 2 heterocycles. The van der Waals surface area contributed by atoms with Gasteiger partial charge in [0.1, 0.15) is 11.6 Å². The summed E-state index contributed by atoms with van der Waals surface area (Å²) in [7, 11) is 0. The lowest BCUT2D eigenvalue weighted by Gasteiger charge is -2.12. The van der Waals surface area contributed by atoms with Gasteiger partial charge in [-0.05, 0) is 19.1 Å². The van der Waals surface area contributed by atoms with Gasteiger partial charge in [0.15, 0.2) is 0 Å². The molecule has 0 bridgehead atoms. The highest BCUT2D eigenvalue weighted by Crippen LogP contribution is 2.15. The van der Waals surface area contributed by atoms with E-state index >= 15 is 0 Å². The van der Waals surface area contributed by atoms with Gasteiger partial charge in [-0.2, -0.15) is 0 Å². The number of nitrogens with zero attached hydrogens (tertiary/aromatic N) is 2. The highest BCUT2D eigenvalue weighted by atomic mass is 15.0. The average Bonchev–Trinajstić information content (AvgIpc) is 2.74. The molecule has 0 aromatic carbocycles. The Morgan fingerprint density at radius 1 is 1.40 bits per heavy atom. The normalized spacial score (nSPS) is 12.3. The molecule has 5 heteroatoms. The van der Waals surface area contributed by atoms with Crippen LogP contribution in [0.2, 0.25) is 0 Å². The van der Waals surface area contributed by atoms with Crippen molar-refractivity contribution in [2.24, 2.45) is 0 Å². The molecule has 78 valence electrons. The lowest BCUT2D eigenvalue weighted by molar-refractivity contribution is 0.809. The van der Waals surface area contributed by atoms with Crippen LogP contribution in [-0.4, -0.2) is 15.0 Å². The van der Waals surface area contributed by atoms with Gasteiger partial charge in [-0.1, -0.05) is 0 Å². The summed E-state index contributed by atoms with van der Waals surface area (Å²) in [6.45, 7) is 2.02. The Kier molecular flexibility index (Phi) is 2.53. The SMILES string of the molecule is CC(Nc1ccc(N)nc1)c1ncc[nH]1. The molecule has 0 amide bonds. The molecule has 4 N–H and O–H groups in total. The van der Waals surface area contributed by atoms with Crippen molar-refractivity contribution in [1.29, 1.82) is 0 Å². The van der Waals surface area contributed by atoms with Crippen LogP contribution in [0.15, 0.2) is 30.7 Å². The summed E-state index contributed by atoms with van der Waals surface area (Å²) in [5, 5.41) is 3.26. The van der Waals surface area contributed by atoms with Gasteiger partial charge >= 0.3 is 0 Å². The Bertz CT molecular complexity index is 406. The predicted octanol–water partition coefficient (Wildman–Crippen LogP) is 1.56. The summed E-state index contributed by atoms with van der Waals surface area (Å²) in [5.41, 5.74) is 6.42. The first kappa shape index (κ1) is 9.51. The summed E-state index contributed by atoms with van der Waals surface area (Å²) in [6.07, 6.45) is 5.23. The molecule has 2 aromatic heterocycles. The van der Waals surface area contributed by atoms with E-state index in [2.05, 4.69) is 20.3 Å².